The van der Waals surface area contributed by atoms with Gasteiger partial charge < -0.3 is 9.47 Å². The van der Waals surface area contributed by atoms with E-state index in [9.17, 15) is 9.59 Å². The Hall–Kier alpha value is -2.14. The third-order valence-electron chi connectivity index (χ3n) is 4.19. The molecule has 4 nitrogen and oxygen atoms in total. The highest BCUT2D eigenvalue weighted by molar-refractivity contribution is 7.14. The largest absolute Gasteiger partial charge is 0.465 e. The Kier molecular flexibility index (Phi) is 5.30. The maximum absolute atomic E-state index is 12.3. The predicted molar refractivity (Wildman–Crippen MR) is 92.5 cm³/mol. The van der Waals surface area contributed by atoms with E-state index in [-0.39, 0.29) is 18.5 Å². The van der Waals surface area contributed by atoms with Gasteiger partial charge in [-0.05, 0) is 55.0 Å². The molecule has 0 amide bonds. The lowest BCUT2D eigenvalue weighted by atomic mass is 10.1. The number of carbonyl (C=O) groups is 2. The van der Waals surface area contributed by atoms with E-state index in [1.807, 2.05) is 6.07 Å². The number of benzene rings is 1. The van der Waals surface area contributed by atoms with Crippen LogP contribution in [0.2, 0.25) is 0 Å². The van der Waals surface area contributed by atoms with Crippen LogP contribution in [0.4, 0.5) is 0 Å². The Morgan fingerprint density at radius 1 is 1.04 bits per heavy atom. The third-order valence-corrected chi connectivity index (χ3v) is 5.41. The van der Waals surface area contributed by atoms with Crippen LogP contribution in [0.1, 0.15) is 55.3 Å². The van der Waals surface area contributed by atoms with Gasteiger partial charge in [0.2, 0.25) is 0 Å². The highest BCUT2D eigenvalue weighted by Crippen LogP contribution is 2.29. The summed E-state index contributed by atoms with van der Waals surface area (Å²) in [4.78, 5) is 25.7. The Morgan fingerprint density at radius 3 is 2.54 bits per heavy atom. The van der Waals surface area contributed by atoms with Gasteiger partial charge in [-0.2, -0.15) is 0 Å². The molecule has 0 aliphatic heterocycles. The average Bonchev–Trinajstić information content (AvgIpc) is 2.90. The molecule has 2 aromatic rings. The maximum Gasteiger partial charge on any atom is 0.348 e. The Balaban J connectivity index is 1.60. The van der Waals surface area contributed by atoms with E-state index >= 15 is 0 Å². The predicted octanol–water partition coefficient (Wildman–Crippen LogP) is 4.16. The number of thiophene rings is 1. The summed E-state index contributed by atoms with van der Waals surface area (Å²) < 4.78 is 10.1. The summed E-state index contributed by atoms with van der Waals surface area (Å²) in [6, 6.07) is 8.87. The number of ether oxygens (including phenoxy) is 2. The smallest absolute Gasteiger partial charge is 0.348 e. The first-order chi connectivity index (χ1) is 11.7. The fraction of sp³-hybridized carbons (Fsp3) is 0.368. The molecular weight excluding hydrogens is 324 g/mol. The van der Waals surface area contributed by atoms with Crippen LogP contribution in [-0.2, 0) is 28.9 Å². The first kappa shape index (κ1) is 16.7. The van der Waals surface area contributed by atoms with Crippen molar-refractivity contribution in [1.82, 2.24) is 0 Å². The fourth-order valence-electron chi connectivity index (χ4n) is 2.84. The van der Waals surface area contributed by atoms with E-state index in [1.165, 1.54) is 36.8 Å². The quantitative estimate of drug-likeness (QED) is 0.617. The average molecular weight is 344 g/mol. The van der Waals surface area contributed by atoms with Crippen molar-refractivity contribution in [2.24, 2.45) is 0 Å². The standard InChI is InChI=1S/C19H20O4S/c1-22-18(20)14-9-7-13(8-10-14)12-23-19(21)17-11-15-5-3-2-4-6-16(15)24-17/h7-11H,2-6,12H2,1H3. The molecule has 0 saturated heterocycles. The van der Waals surface area contributed by atoms with E-state index < -0.39 is 0 Å². The summed E-state index contributed by atoms with van der Waals surface area (Å²) in [5.74, 6) is -0.649. The molecule has 5 heteroatoms. The summed E-state index contributed by atoms with van der Waals surface area (Å²) in [5, 5.41) is 0. The first-order valence-corrected chi connectivity index (χ1v) is 8.95. The molecule has 0 bridgehead atoms. The van der Waals surface area contributed by atoms with E-state index in [1.54, 1.807) is 35.6 Å². The maximum atomic E-state index is 12.3. The normalized spacial score (nSPS) is 13.7. The number of aryl methyl sites for hydroxylation is 2. The molecule has 126 valence electrons. The SMILES string of the molecule is COC(=O)c1ccc(COC(=O)c2cc3c(s2)CCCCC3)cc1. The molecule has 1 aliphatic carbocycles. The van der Waals surface area contributed by atoms with Gasteiger partial charge in [-0.15, -0.1) is 11.3 Å². The zero-order valence-electron chi connectivity index (χ0n) is 13.7. The summed E-state index contributed by atoms with van der Waals surface area (Å²) in [7, 11) is 1.35. The van der Waals surface area contributed by atoms with Crippen molar-refractivity contribution in [3.05, 3.63) is 56.8 Å². The minimum absolute atomic E-state index is 0.197. The monoisotopic (exact) mass is 344 g/mol. The van der Waals surface area contributed by atoms with E-state index in [0.29, 0.717) is 10.4 Å². The molecule has 24 heavy (non-hydrogen) atoms. The Labute approximate surface area is 145 Å². The second kappa shape index (κ2) is 7.62. The van der Waals surface area contributed by atoms with Crippen LogP contribution in [0.25, 0.3) is 0 Å². The molecule has 0 radical (unpaired) electrons. The van der Waals surface area contributed by atoms with E-state index in [0.717, 1.165) is 18.4 Å². The van der Waals surface area contributed by atoms with Gasteiger partial charge in [0.1, 0.15) is 11.5 Å². The molecule has 3 rings (SSSR count). The zero-order chi connectivity index (χ0) is 16.9. The topological polar surface area (TPSA) is 52.6 Å². The van der Waals surface area contributed by atoms with Crippen LogP contribution in [0.3, 0.4) is 0 Å². The van der Waals surface area contributed by atoms with Gasteiger partial charge in [0.05, 0.1) is 12.7 Å². The Morgan fingerprint density at radius 2 is 1.79 bits per heavy atom. The number of methoxy groups -OCH3 is 1. The van der Waals surface area contributed by atoms with Crippen molar-refractivity contribution >= 4 is 23.3 Å². The van der Waals surface area contributed by atoms with Crippen molar-refractivity contribution in [3.63, 3.8) is 0 Å². The number of fused-ring (bicyclic) bond motifs is 1. The van der Waals surface area contributed by atoms with Gasteiger partial charge in [-0.3, -0.25) is 0 Å². The van der Waals surface area contributed by atoms with Crippen LogP contribution >= 0.6 is 11.3 Å². The molecule has 0 unspecified atom stereocenters. The minimum Gasteiger partial charge on any atom is -0.465 e. The van der Waals surface area contributed by atoms with Crippen molar-refractivity contribution in [2.45, 2.75) is 38.7 Å². The van der Waals surface area contributed by atoms with Crippen LogP contribution in [-0.4, -0.2) is 19.0 Å². The molecule has 1 aromatic carbocycles. The van der Waals surface area contributed by atoms with E-state index in [4.69, 9.17) is 4.74 Å². The Bertz CT molecular complexity index is 707. The molecule has 1 aliphatic rings. The second-order valence-electron chi connectivity index (χ2n) is 5.88. The van der Waals surface area contributed by atoms with Crippen molar-refractivity contribution in [3.8, 4) is 0 Å². The van der Waals surface area contributed by atoms with Crippen molar-refractivity contribution < 1.29 is 19.1 Å². The molecular formula is C19H20O4S. The number of hydrogen-bond acceptors (Lipinski definition) is 5. The van der Waals surface area contributed by atoms with Gasteiger partial charge in [-0.25, -0.2) is 9.59 Å². The summed E-state index contributed by atoms with van der Waals surface area (Å²) >= 11 is 1.57. The fourth-order valence-corrected chi connectivity index (χ4v) is 3.99. The van der Waals surface area contributed by atoms with Crippen molar-refractivity contribution in [2.75, 3.05) is 7.11 Å². The van der Waals surface area contributed by atoms with Gasteiger partial charge >= 0.3 is 11.9 Å². The van der Waals surface area contributed by atoms with Crippen molar-refractivity contribution in [1.29, 1.82) is 0 Å². The molecule has 1 aromatic heterocycles. The third kappa shape index (κ3) is 3.85. The summed E-state index contributed by atoms with van der Waals surface area (Å²) in [6.07, 6.45) is 5.80. The number of rotatable bonds is 4. The van der Waals surface area contributed by atoms with Gasteiger partial charge in [0.25, 0.3) is 0 Å². The summed E-state index contributed by atoms with van der Waals surface area (Å²) in [5.41, 5.74) is 2.63. The first-order valence-electron chi connectivity index (χ1n) is 8.13. The number of esters is 2. The lowest BCUT2D eigenvalue weighted by Gasteiger charge is -2.05. The van der Waals surface area contributed by atoms with Crippen LogP contribution in [0.5, 0.6) is 0 Å². The zero-order valence-corrected chi connectivity index (χ0v) is 14.5. The van der Waals surface area contributed by atoms with Crippen LogP contribution in [0.15, 0.2) is 30.3 Å². The number of hydrogen-bond donors (Lipinski definition) is 0. The highest BCUT2D eigenvalue weighted by Gasteiger charge is 2.17. The lowest BCUT2D eigenvalue weighted by molar-refractivity contribution is 0.0477. The highest BCUT2D eigenvalue weighted by atomic mass is 32.1. The van der Waals surface area contributed by atoms with Gasteiger partial charge in [0, 0.05) is 4.88 Å². The number of carbonyl (C=O) groups excluding carboxylic acids is 2. The van der Waals surface area contributed by atoms with E-state index in [2.05, 4.69) is 4.74 Å². The second-order valence-corrected chi connectivity index (χ2v) is 7.02. The minimum atomic E-state index is -0.376. The molecule has 0 fully saturated rings. The molecule has 0 N–H and O–H groups in total. The van der Waals surface area contributed by atoms with Crippen LogP contribution in [0, 0.1) is 0 Å². The lowest BCUT2D eigenvalue weighted by Crippen LogP contribution is -2.04. The molecule has 1 heterocycles. The molecule has 0 atom stereocenters. The van der Waals surface area contributed by atoms with Gasteiger partial charge in [0.15, 0.2) is 0 Å². The summed E-state index contributed by atoms with van der Waals surface area (Å²) in [6.45, 7) is 0.197. The van der Waals surface area contributed by atoms with Gasteiger partial charge in [-0.1, -0.05) is 18.6 Å². The molecule has 0 saturated carbocycles. The van der Waals surface area contributed by atoms with Crippen LogP contribution < -0.4 is 0 Å². The molecule has 0 spiro atoms.